The first kappa shape index (κ1) is 28.8. The number of hydrogen-bond acceptors (Lipinski definition) is 1. The lowest BCUT2D eigenvalue weighted by molar-refractivity contribution is 1.18. The monoisotopic (exact) mass is 635 g/mol. The molecule has 2 heterocycles. The average molecular weight is 636 g/mol. The van der Waals surface area contributed by atoms with Crippen LogP contribution < -0.4 is 0 Å². The number of para-hydroxylation sites is 2. The maximum atomic E-state index is 9.63. The molecule has 7 aromatic carbocycles. The molecule has 0 radical (unpaired) electrons. The van der Waals surface area contributed by atoms with Gasteiger partial charge in [0.1, 0.15) is 0 Å². The smallest absolute Gasteiger partial charge is 0.189 e. The Morgan fingerprint density at radius 3 is 1.88 bits per heavy atom. The SMILES string of the molecule is [C-]#[N+]c1ccc(-c2ccccc2-c2cccc(-n3c4ccccc4c4cc(C#N)ccc43)c2)c(-n2c3ccccc3c3ccc([N+]#[C-])cc32)c1. The first-order chi connectivity index (χ1) is 24.7. The highest BCUT2D eigenvalue weighted by molar-refractivity contribution is 6.11. The molecule has 0 atom stereocenters. The molecule has 0 unspecified atom stereocenters. The molecule has 0 amide bonds. The zero-order valence-corrected chi connectivity index (χ0v) is 26.7. The van der Waals surface area contributed by atoms with Crippen LogP contribution in [0.5, 0.6) is 0 Å². The molecule has 0 aliphatic carbocycles. The molecule has 0 aliphatic rings. The molecule has 5 nitrogen and oxygen atoms in total. The van der Waals surface area contributed by atoms with E-state index in [9.17, 15) is 5.26 Å². The molecular formula is C45H25N5. The maximum absolute atomic E-state index is 9.63. The van der Waals surface area contributed by atoms with E-state index in [1.807, 2.05) is 78.9 Å². The van der Waals surface area contributed by atoms with Crippen molar-refractivity contribution in [3.8, 4) is 39.7 Å². The zero-order chi connectivity index (χ0) is 33.8. The number of nitrogens with zero attached hydrogens (tertiary/aromatic N) is 5. The number of hydrogen-bond donors (Lipinski definition) is 0. The number of nitriles is 1. The summed E-state index contributed by atoms with van der Waals surface area (Å²) in [5, 5.41) is 13.9. The van der Waals surface area contributed by atoms with Crippen LogP contribution in [-0.2, 0) is 0 Å². The quantitative estimate of drug-likeness (QED) is 0.177. The summed E-state index contributed by atoms with van der Waals surface area (Å²) in [7, 11) is 0. The van der Waals surface area contributed by atoms with Crippen molar-refractivity contribution >= 4 is 55.0 Å². The molecule has 0 saturated heterocycles. The number of aromatic nitrogens is 2. The van der Waals surface area contributed by atoms with Gasteiger partial charge in [0.25, 0.3) is 0 Å². The van der Waals surface area contributed by atoms with Crippen molar-refractivity contribution in [2.24, 2.45) is 0 Å². The molecule has 0 aliphatic heterocycles. The van der Waals surface area contributed by atoms with Crippen molar-refractivity contribution in [3.63, 3.8) is 0 Å². The van der Waals surface area contributed by atoms with E-state index in [1.165, 1.54) is 0 Å². The second kappa shape index (κ2) is 11.4. The van der Waals surface area contributed by atoms with Gasteiger partial charge in [0.15, 0.2) is 11.4 Å². The number of benzene rings is 7. The third kappa shape index (κ3) is 4.38. The minimum atomic E-state index is 0.543. The minimum Gasteiger partial charge on any atom is -0.311 e. The zero-order valence-electron chi connectivity index (χ0n) is 26.7. The van der Waals surface area contributed by atoms with Crippen LogP contribution in [0.1, 0.15) is 5.56 Å². The lowest BCUT2D eigenvalue weighted by atomic mass is 9.93. The largest absolute Gasteiger partial charge is 0.311 e. The predicted molar refractivity (Wildman–Crippen MR) is 203 cm³/mol. The Kier molecular flexibility index (Phi) is 6.56. The fourth-order valence-corrected chi connectivity index (χ4v) is 7.39. The van der Waals surface area contributed by atoms with Crippen molar-refractivity contribution in [1.29, 1.82) is 5.26 Å². The van der Waals surface area contributed by atoms with Crippen LogP contribution in [0.15, 0.2) is 152 Å². The second-order valence-electron chi connectivity index (χ2n) is 12.3. The van der Waals surface area contributed by atoms with Gasteiger partial charge in [-0.3, -0.25) is 0 Å². The van der Waals surface area contributed by atoms with Crippen molar-refractivity contribution in [1.82, 2.24) is 9.13 Å². The molecule has 2 aromatic heterocycles. The highest BCUT2D eigenvalue weighted by Gasteiger charge is 2.19. The summed E-state index contributed by atoms with van der Waals surface area (Å²) in [6.45, 7) is 15.6. The Morgan fingerprint density at radius 2 is 1.10 bits per heavy atom. The highest BCUT2D eigenvalue weighted by atomic mass is 15.0. The van der Waals surface area contributed by atoms with E-state index in [2.05, 4.69) is 97.7 Å². The van der Waals surface area contributed by atoms with Crippen molar-refractivity contribution in [3.05, 3.63) is 180 Å². The molecule has 0 fully saturated rings. The van der Waals surface area contributed by atoms with Gasteiger partial charge in [-0.25, -0.2) is 9.69 Å². The van der Waals surface area contributed by atoms with Crippen molar-refractivity contribution < 1.29 is 0 Å². The molecule has 0 bridgehead atoms. The fraction of sp³-hybridized carbons (Fsp3) is 0. The average Bonchev–Trinajstić information content (AvgIpc) is 3.69. The predicted octanol–water partition coefficient (Wildman–Crippen LogP) is 12.2. The molecule has 0 saturated carbocycles. The van der Waals surface area contributed by atoms with Gasteiger partial charge in [-0.05, 0) is 71.3 Å². The van der Waals surface area contributed by atoms with Crippen LogP contribution in [0.4, 0.5) is 11.4 Å². The van der Waals surface area contributed by atoms with Gasteiger partial charge >= 0.3 is 0 Å². The van der Waals surface area contributed by atoms with Crippen molar-refractivity contribution in [2.45, 2.75) is 0 Å². The Bertz CT molecular complexity index is 2970. The molecule has 0 spiro atoms. The molecular weight excluding hydrogens is 611 g/mol. The summed E-state index contributed by atoms with van der Waals surface area (Å²) in [6.07, 6.45) is 0. The lowest BCUT2D eigenvalue weighted by Crippen LogP contribution is -1.98. The van der Waals surface area contributed by atoms with E-state index in [0.717, 1.165) is 77.2 Å². The van der Waals surface area contributed by atoms with Gasteiger partial charge in [-0.1, -0.05) is 97.1 Å². The van der Waals surface area contributed by atoms with Crippen LogP contribution in [0.25, 0.3) is 86.9 Å². The molecule has 9 rings (SSSR count). The molecule has 5 heteroatoms. The van der Waals surface area contributed by atoms with Gasteiger partial charge in [-0.2, -0.15) is 5.26 Å². The van der Waals surface area contributed by atoms with E-state index >= 15 is 0 Å². The molecule has 230 valence electrons. The topological polar surface area (TPSA) is 42.4 Å². The standard InChI is InChI=1S/C45H25N5/c1-47-31-19-21-38(44(26-31)50-42-17-8-5-14-36(42)39-22-20-32(48-2)27-45(39)50)35-13-4-3-12-34(35)30-10-9-11-33(25-30)49-41-16-7-6-15-37(41)40-24-29(28-46)18-23-43(40)49/h3-27H. The summed E-state index contributed by atoms with van der Waals surface area (Å²) in [4.78, 5) is 7.56. The molecule has 50 heavy (non-hydrogen) atoms. The van der Waals surface area contributed by atoms with Crippen LogP contribution in [-0.4, -0.2) is 9.13 Å². The van der Waals surface area contributed by atoms with Gasteiger partial charge in [0.05, 0.1) is 41.3 Å². The highest BCUT2D eigenvalue weighted by Crippen LogP contribution is 2.42. The third-order valence-electron chi connectivity index (χ3n) is 9.57. The summed E-state index contributed by atoms with van der Waals surface area (Å²) < 4.78 is 4.46. The Hall–Kier alpha value is -7.39. The Morgan fingerprint density at radius 1 is 0.460 bits per heavy atom. The molecule has 0 N–H and O–H groups in total. The second-order valence-corrected chi connectivity index (χ2v) is 12.3. The number of fused-ring (bicyclic) bond motifs is 6. The number of rotatable bonds is 4. The van der Waals surface area contributed by atoms with Crippen LogP contribution in [0.2, 0.25) is 0 Å². The summed E-state index contributed by atoms with van der Waals surface area (Å²) in [5.74, 6) is 0. The van der Waals surface area contributed by atoms with E-state index in [1.54, 1.807) is 0 Å². The van der Waals surface area contributed by atoms with Crippen LogP contribution in [0, 0.1) is 24.5 Å². The first-order valence-electron chi connectivity index (χ1n) is 16.2. The van der Waals surface area contributed by atoms with Crippen molar-refractivity contribution in [2.75, 3.05) is 0 Å². The van der Waals surface area contributed by atoms with Gasteiger partial charge in [0, 0.05) is 44.0 Å². The van der Waals surface area contributed by atoms with E-state index in [4.69, 9.17) is 13.1 Å². The van der Waals surface area contributed by atoms with Gasteiger partial charge in [-0.15, -0.1) is 0 Å². The van der Waals surface area contributed by atoms with Gasteiger partial charge < -0.3 is 9.13 Å². The summed E-state index contributed by atoms with van der Waals surface area (Å²) in [5.41, 5.74) is 11.8. The summed E-state index contributed by atoms with van der Waals surface area (Å²) in [6, 6.07) is 53.5. The molecule has 9 aromatic rings. The Labute approximate surface area is 288 Å². The fourth-order valence-electron chi connectivity index (χ4n) is 7.39. The van der Waals surface area contributed by atoms with Crippen LogP contribution >= 0.6 is 0 Å². The van der Waals surface area contributed by atoms with E-state index < -0.39 is 0 Å². The van der Waals surface area contributed by atoms with E-state index in [-0.39, 0.29) is 0 Å². The first-order valence-corrected chi connectivity index (χ1v) is 16.2. The Balaban J connectivity index is 1.28. The summed E-state index contributed by atoms with van der Waals surface area (Å²) >= 11 is 0. The minimum absolute atomic E-state index is 0.543. The van der Waals surface area contributed by atoms with Crippen LogP contribution in [0.3, 0.4) is 0 Å². The van der Waals surface area contributed by atoms with E-state index in [0.29, 0.717) is 16.9 Å². The normalized spacial score (nSPS) is 11.1. The third-order valence-corrected chi connectivity index (χ3v) is 9.57. The van der Waals surface area contributed by atoms with Gasteiger partial charge in [0.2, 0.25) is 0 Å². The maximum Gasteiger partial charge on any atom is 0.189 e. The lowest BCUT2D eigenvalue weighted by Gasteiger charge is -2.18.